The number of hydrogen-bond acceptors (Lipinski definition) is 9. The van der Waals surface area contributed by atoms with Gasteiger partial charge < -0.3 is 20.2 Å². The van der Waals surface area contributed by atoms with E-state index in [1.54, 1.807) is 37.9 Å². The van der Waals surface area contributed by atoms with Gasteiger partial charge in [0.2, 0.25) is 0 Å². The van der Waals surface area contributed by atoms with Crippen LogP contribution in [0, 0.1) is 11.8 Å². The standard InChI is InChI=1S/C42H48F6N4O6S2/c1-28(2)37(20-21-51(3)24-25-53)49-38-17-16-35(27-39(38)59(55,56)42(46,47)48)60(57,58)50-40(54)31-10-14-34(15-11-31)52-22-18-29(19-23-52)26-32-6-4-5-7-36(32)30-8-12-33(13-9-30)41(43,44)45/h4-17,27-29,37,49,53H,18-26H2,1-3H3,(H,50,54)/t37-/m1/s1. The minimum Gasteiger partial charge on any atom is -0.395 e. The highest BCUT2D eigenvalue weighted by Gasteiger charge is 2.48. The van der Waals surface area contributed by atoms with Crippen LogP contribution in [0.3, 0.4) is 0 Å². The summed E-state index contributed by atoms with van der Waals surface area (Å²) in [5, 5.41) is 12.0. The van der Waals surface area contributed by atoms with Crippen LogP contribution in [0.5, 0.6) is 0 Å². The Hall–Kier alpha value is -4.65. The molecule has 4 aromatic rings. The van der Waals surface area contributed by atoms with Crippen molar-refractivity contribution in [2.45, 2.75) is 67.0 Å². The first kappa shape index (κ1) is 46.4. The van der Waals surface area contributed by atoms with E-state index in [9.17, 15) is 53.1 Å². The highest BCUT2D eigenvalue weighted by Crippen LogP contribution is 2.37. The minimum absolute atomic E-state index is 0.0653. The van der Waals surface area contributed by atoms with Gasteiger partial charge in [0.15, 0.2) is 0 Å². The number of carbonyl (C=O) groups excluding carboxylic acids is 1. The lowest BCUT2D eigenvalue weighted by Crippen LogP contribution is -2.34. The van der Waals surface area contributed by atoms with Crippen molar-refractivity contribution in [2.75, 3.05) is 50.1 Å². The van der Waals surface area contributed by atoms with Crippen molar-refractivity contribution >= 4 is 37.1 Å². The molecule has 0 aromatic heterocycles. The van der Waals surface area contributed by atoms with Crippen molar-refractivity contribution in [1.29, 1.82) is 0 Å². The highest BCUT2D eigenvalue weighted by atomic mass is 32.2. The molecule has 1 saturated heterocycles. The topological polar surface area (TPSA) is 136 Å². The summed E-state index contributed by atoms with van der Waals surface area (Å²) in [6, 6.07) is 20.5. The molecule has 0 saturated carbocycles. The molecule has 1 fully saturated rings. The van der Waals surface area contributed by atoms with Crippen LogP contribution in [0.15, 0.2) is 101 Å². The van der Waals surface area contributed by atoms with Crippen molar-refractivity contribution in [3.05, 3.63) is 108 Å². The third-order valence-electron chi connectivity index (χ3n) is 10.7. The van der Waals surface area contributed by atoms with Gasteiger partial charge in [-0.15, -0.1) is 0 Å². The number of nitrogens with zero attached hydrogens (tertiary/aromatic N) is 2. The van der Waals surface area contributed by atoms with Crippen LogP contribution in [-0.4, -0.2) is 84.1 Å². The summed E-state index contributed by atoms with van der Waals surface area (Å²) in [6.45, 7) is 5.56. The van der Waals surface area contributed by atoms with Gasteiger partial charge in [0, 0.05) is 36.9 Å². The van der Waals surface area contributed by atoms with E-state index in [2.05, 4.69) is 10.2 Å². The number of carbonyl (C=O) groups is 1. The second-order valence-electron chi connectivity index (χ2n) is 15.3. The fourth-order valence-electron chi connectivity index (χ4n) is 7.14. The van der Waals surface area contributed by atoms with Gasteiger partial charge in [0.25, 0.3) is 25.8 Å². The number of piperidine rings is 1. The molecule has 60 heavy (non-hydrogen) atoms. The first-order valence-electron chi connectivity index (χ1n) is 19.3. The number of halogens is 6. The van der Waals surface area contributed by atoms with Crippen LogP contribution < -0.4 is 14.9 Å². The molecule has 0 radical (unpaired) electrons. The van der Waals surface area contributed by atoms with Crippen LogP contribution >= 0.6 is 0 Å². The molecule has 1 aliphatic heterocycles. The predicted octanol–water partition coefficient (Wildman–Crippen LogP) is 7.99. The smallest absolute Gasteiger partial charge is 0.395 e. The van der Waals surface area contributed by atoms with Crippen LogP contribution in [0.2, 0.25) is 0 Å². The van der Waals surface area contributed by atoms with Crippen LogP contribution in [0.1, 0.15) is 54.6 Å². The largest absolute Gasteiger partial charge is 0.501 e. The number of sulfonamides is 1. The first-order valence-corrected chi connectivity index (χ1v) is 22.3. The molecule has 4 aromatic carbocycles. The van der Waals surface area contributed by atoms with Gasteiger partial charge in [0.05, 0.1) is 22.8 Å². The summed E-state index contributed by atoms with van der Waals surface area (Å²) >= 11 is 0. The van der Waals surface area contributed by atoms with Crippen molar-refractivity contribution < 1.29 is 53.1 Å². The maximum absolute atomic E-state index is 13.9. The second kappa shape index (κ2) is 19.0. The number of nitrogens with one attached hydrogen (secondary N) is 2. The van der Waals surface area contributed by atoms with E-state index >= 15 is 0 Å². The van der Waals surface area contributed by atoms with Crippen molar-refractivity contribution in [3.63, 3.8) is 0 Å². The minimum atomic E-state index is -6.06. The average Bonchev–Trinajstić information content (AvgIpc) is 3.19. The number of rotatable bonds is 16. The molecule has 1 amide bonds. The normalized spacial score (nSPS) is 15.0. The third kappa shape index (κ3) is 11.4. The summed E-state index contributed by atoms with van der Waals surface area (Å²) in [5.41, 5.74) is -3.63. The lowest BCUT2D eigenvalue weighted by Gasteiger charge is -2.34. The number of benzene rings is 4. The Bertz CT molecular complexity index is 2310. The van der Waals surface area contributed by atoms with Gasteiger partial charge in [-0.25, -0.2) is 21.6 Å². The Morgan fingerprint density at radius 3 is 2.08 bits per heavy atom. The maximum Gasteiger partial charge on any atom is 0.501 e. The average molecular weight is 883 g/mol. The number of sulfone groups is 1. The van der Waals surface area contributed by atoms with E-state index in [-0.39, 0.29) is 18.1 Å². The summed E-state index contributed by atoms with van der Waals surface area (Å²) in [5.74, 6) is -0.972. The number of likely N-dealkylation sites (N-methyl/N-ethyl adjacent to an activating group) is 1. The summed E-state index contributed by atoms with van der Waals surface area (Å²) < 4.78 is 135. The van der Waals surface area contributed by atoms with Gasteiger partial charge >= 0.3 is 11.7 Å². The zero-order valence-corrected chi connectivity index (χ0v) is 34.9. The van der Waals surface area contributed by atoms with Crippen LogP contribution in [0.25, 0.3) is 11.1 Å². The molecule has 0 unspecified atom stereocenters. The number of amides is 1. The SMILES string of the molecule is CC(C)[C@@H](CCN(C)CCO)Nc1ccc(S(=O)(=O)NC(=O)c2ccc(N3CCC(Cc4ccccc4-c4ccc(C(F)(F)F)cc4)CC3)cc2)cc1S(=O)(=O)C(F)(F)F. The Morgan fingerprint density at radius 1 is 0.867 bits per heavy atom. The van der Waals surface area contributed by atoms with Crippen molar-refractivity contribution in [3.8, 4) is 11.1 Å². The zero-order chi connectivity index (χ0) is 44.0. The van der Waals surface area contributed by atoms with E-state index in [4.69, 9.17) is 0 Å². The molecule has 3 N–H and O–H groups in total. The number of alkyl halides is 6. The lowest BCUT2D eigenvalue weighted by molar-refractivity contribution is -0.137. The van der Waals surface area contributed by atoms with Crippen LogP contribution in [0.4, 0.5) is 37.7 Å². The maximum atomic E-state index is 13.9. The fourth-order valence-corrected chi connectivity index (χ4v) is 9.16. The van der Waals surface area contributed by atoms with E-state index < -0.39 is 64.5 Å². The van der Waals surface area contributed by atoms with Crippen molar-refractivity contribution in [2.24, 2.45) is 11.8 Å². The molecule has 1 aliphatic rings. The Kier molecular flexibility index (Phi) is 14.7. The molecule has 18 heteroatoms. The van der Waals surface area contributed by atoms with Gasteiger partial charge in [-0.1, -0.05) is 50.2 Å². The van der Waals surface area contributed by atoms with Crippen molar-refractivity contribution in [1.82, 2.24) is 9.62 Å². The molecule has 1 heterocycles. The number of hydrogen-bond donors (Lipinski definition) is 3. The summed E-state index contributed by atoms with van der Waals surface area (Å²) in [6.07, 6.45) is -1.72. The molecular formula is C42H48F6N4O6S2. The Morgan fingerprint density at radius 2 is 1.50 bits per heavy atom. The Labute approximate surface area is 346 Å². The van der Waals surface area contributed by atoms with E-state index in [1.165, 1.54) is 24.3 Å². The molecule has 5 rings (SSSR count). The Balaban J connectivity index is 1.24. The number of anilines is 2. The molecule has 10 nitrogen and oxygen atoms in total. The summed E-state index contributed by atoms with van der Waals surface area (Å²) in [7, 11) is -9.18. The van der Waals surface area contributed by atoms with Gasteiger partial charge in [-0.3, -0.25) is 4.79 Å². The van der Waals surface area contributed by atoms with Gasteiger partial charge in [-0.2, -0.15) is 26.3 Å². The zero-order valence-electron chi connectivity index (χ0n) is 33.2. The summed E-state index contributed by atoms with van der Waals surface area (Å²) in [4.78, 5) is 14.9. The highest BCUT2D eigenvalue weighted by molar-refractivity contribution is 7.92. The monoisotopic (exact) mass is 882 g/mol. The third-order valence-corrected chi connectivity index (χ3v) is 13.5. The van der Waals surface area contributed by atoms with E-state index in [0.29, 0.717) is 50.1 Å². The van der Waals surface area contributed by atoms with Crippen LogP contribution in [-0.2, 0) is 32.5 Å². The van der Waals surface area contributed by atoms with Gasteiger partial charge in [0.1, 0.15) is 4.90 Å². The number of aliphatic hydroxyl groups is 1. The second-order valence-corrected chi connectivity index (χ2v) is 18.9. The van der Waals surface area contributed by atoms with Gasteiger partial charge in [-0.05, 0) is 122 Å². The molecule has 1 atom stereocenters. The van der Waals surface area contributed by atoms with E-state index in [0.717, 1.165) is 60.3 Å². The molecule has 0 bridgehead atoms. The molecule has 326 valence electrons. The quantitative estimate of drug-likeness (QED) is 0.0958. The first-order chi connectivity index (χ1) is 28.1. The number of aliphatic hydroxyl groups excluding tert-OH is 1. The predicted molar refractivity (Wildman–Crippen MR) is 218 cm³/mol. The fraction of sp³-hybridized carbons (Fsp3) is 0.405. The molecular weight excluding hydrogens is 835 g/mol. The van der Waals surface area contributed by atoms with E-state index in [1.807, 2.05) is 29.0 Å². The molecule has 0 aliphatic carbocycles. The molecule has 0 spiro atoms. The lowest BCUT2D eigenvalue weighted by atomic mass is 9.86.